The van der Waals surface area contributed by atoms with E-state index in [0.717, 1.165) is 50.7 Å². The zero-order valence-electron chi connectivity index (χ0n) is 44.1. The van der Waals surface area contributed by atoms with Crippen LogP contribution in [0.5, 0.6) is 0 Å². The van der Waals surface area contributed by atoms with E-state index in [1.54, 1.807) is 24.5 Å². The van der Waals surface area contributed by atoms with Gasteiger partial charge in [0.15, 0.2) is 0 Å². The van der Waals surface area contributed by atoms with E-state index in [1.165, 1.54) is 11.8 Å². The molecule has 11 N–H and O–H groups in total. The number of hydrogen-bond acceptors (Lipinski definition) is 24. The summed E-state index contributed by atoms with van der Waals surface area (Å²) in [6.07, 6.45) is 4.17. The summed E-state index contributed by atoms with van der Waals surface area (Å²) in [6, 6.07) is 18.4. The van der Waals surface area contributed by atoms with E-state index in [4.69, 9.17) is 59.9 Å². The maximum atomic E-state index is 11.9. The Morgan fingerprint density at radius 2 is 1.19 bits per heavy atom. The number of carbonyl (C=O) groups is 9. The van der Waals surface area contributed by atoms with Gasteiger partial charge in [-0.1, -0.05) is 154 Å². The predicted molar refractivity (Wildman–Crippen MR) is 320 cm³/mol. The number of thiocarbonyl (C=S) groups is 6. The Balaban J connectivity index is -0.0000000529. The summed E-state index contributed by atoms with van der Waals surface area (Å²) in [5, 5.41) is 54.5. The van der Waals surface area contributed by atoms with E-state index in [2.05, 4.69) is 82.3 Å². The van der Waals surface area contributed by atoms with Gasteiger partial charge in [-0.25, -0.2) is 0 Å². The fraction of sp³-hybridized carbons (Fsp3) is 0.293. The number of carboxylic acids is 6. The Kier molecular flexibility index (Phi) is 121. The van der Waals surface area contributed by atoms with Crippen LogP contribution in [0, 0.1) is 0 Å². The number of nitrogens with zero attached hydrogens (tertiary/aromatic N) is 2. The number of thiol groups is 1. The fourth-order valence-electron chi connectivity index (χ4n) is 3.08. The van der Waals surface area contributed by atoms with Crippen molar-refractivity contribution in [3.8, 4) is 0 Å². The van der Waals surface area contributed by atoms with E-state index in [1.807, 2.05) is 80.5 Å². The van der Waals surface area contributed by atoms with Crippen LogP contribution in [0.2, 0.25) is 0 Å². The number of benzene rings is 2. The molecule has 2 aliphatic heterocycles. The standard InChI is InChI=1S/C12H9NO3S2.C7H6O.C5H5NO3S2.C5H6NO3S2.C3H4NO2S.C2H3ClO2.C2H5NO2.2C2H6.CS2.ClH.2K.2Na.2H2O.H2S/c14-10(15)7-13-11(16)9(18-12(13)17)6-8-4-2-1-3-5-8;8-6-7-4-2-1-3-5-7;7-3-2-11-5(10)6(3)1-4(8)9;7-1-2-11-5(10)6-3-4(8)9;5-3(6)1-4-2-7;2*3-1-2(4)5;2*1-2;2-1-3;;;;;;;;/h1-6H,7H2,(H,14,15);1-6H;1-2H2,(H,8,9);2-3H2,(H,6,10)(H,8,9);1H2,(H,4,7)(H,5,6);1H2,(H,4,5);1,3H2,(H,4,5);2*1-2H3;;1H;;;;;3*1H2/q;;;2*-1;;;;;;;4*+1;;;/p-4/b9-6-;;;;;;;;;;;;;;;;;. The summed E-state index contributed by atoms with van der Waals surface area (Å²) in [5.41, 5.74) is 8.24. The van der Waals surface area contributed by atoms with Crippen LogP contribution in [-0.4, -0.2) is 179 Å². The van der Waals surface area contributed by atoms with Gasteiger partial charge in [-0.3, -0.25) is 54.4 Å². The maximum Gasteiger partial charge on any atom is 1.00 e. The zero-order chi connectivity index (χ0) is 57.0. The Morgan fingerprint density at radius 1 is 0.800 bits per heavy atom. The molecule has 0 spiro atoms. The van der Waals surface area contributed by atoms with Gasteiger partial charge >= 0.3 is 192 Å². The normalized spacial score (nSPS) is 10.2. The Labute approximate surface area is 656 Å². The molecule has 80 heavy (non-hydrogen) atoms. The predicted octanol–water partition coefficient (Wildman–Crippen LogP) is -8.42. The van der Waals surface area contributed by atoms with Crippen molar-refractivity contribution < 1.29 is 251 Å². The summed E-state index contributed by atoms with van der Waals surface area (Å²) in [5.74, 6) is -6.82. The second-order valence-corrected chi connectivity index (χ2v) is 16.6. The molecule has 2 aromatic carbocycles. The third-order valence-corrected chi connectivity index (χ3v) is 9.92. The van der Waals surface area contributed by atoms with Crippen LogP contribution in [0.3, 0.4) is 0 Å². The molecule has 0 aromatic heterocycles. The molecule has 2 heterocycles. The maximum absolute atomic E-state index is 11.9. The zero-order valence-corrected chi connectivity index (χ0v) is 64.1. The molecule has 0 saturated carbocycles. The van der Waals surface area contributed by atoms with E-state index in [-0.39, 0.29) is 253 Å². The average Bonchev–Trinajstić information content (AvgIpc) is 3.81. The van der Waals surface area contributed by atoms with Gasteiger partial charge in [0.25, 0.3) is 5.91 Å². The minimum atomic E-state index is -1.23. The number of thioether (sulfide) groups is 3. The molecule has 0 radical (unpaired) electrons. The molecule has 39 heteroatoms. The molecule has 0 bridgehead atoms. The molecule has 2 saturated heterocycles. The number of aliphatic carboxylic acids is 6. The van der Waals surface area contributed by atoms with Crippen molar-refractivity contribution in [2.24, 2.45) is 5.73 Å². The monoisotopic (exact) mass is 1420 g/mol. The number of nitrogens with one attached hydrogen (secondary N) is 2. The summed E-state index contributed by atoms with van der Waals surface area (Å²) >= 11 is 34.5. The number of aldehydes is 1. The molecule has 430 valence electrons. The van der Waals surface area contributed by atoms with Gasteiger partial charge in [0, 0.05) is 9.88 Å². The molecular formula is C41H53Cl2K2N5Na2O18S10-2. The smallest absolute Gasteiger partial charge is 0.870 e. The fourth-order valence-corrected chi connectivity index (χ4v) is 6.09. The van der Waals surface area contributed by atoms with Gasteiger partial charge in [-0.15, -0.1) is 35.8 Å². The first-order chi connectivity index (χ1) is 34.0. The summed E-state index contributed by atoms with van der Waals surface area (Å²) in [7, 11) is 0. The van der Waals surface area contributed by atoms with Crippen LogP contribution < -0.4 is 183 Å². The average molecular weight is 1420 g/mol. The summed E-state index contributed by atoms with van der Waals surface area (Å²) in [6.45, 7) is 6.65. The SMILES string of the molecule is CC.CC.Cl.NCC(=O)O.O=C(O)CN1C(=O)/C(=C/c2ccccc2)SC1=S.O=C(O)CN1C(=O)CSC1=S.O=C(O)CN[C-]=S.O=C([O-])CCl.O=Cc1ccccc1.O=[C-]CSC(=S)NCC(=O)O.S=C=S.[K+].[K+].[Na+].[Na+].[OH-].[OH-].[SH-]. The van der Waals surface area contributed by atoms with Crippen LogP contribution in [-0.2, 0) is 56.6 Å². The van der Waals surface area contributed by atoms with E-state index >= 15 is 0 Å². The molecule has 2 aromatic rings. The van der Waals surface area contributed by atoms with Gasteiger partial charge in [0.2, 0.25) is 5.91 Å². The number of carboxylic acid groups (broad SMARTS) is 6. The van der Waals surface area contributed by atoms with E-state index < -0.39 is 48.2 Å². The van der Waals surface area contributed by atoms with Gasteiger partial charge < -0.3 is 98.8 Å². The van der Waals surface area contributed by atoms with Crippen molar-refractivity contribution in [2.75, 3.05) is 50.1 Å². The number of halogens is 2. The molecular weight excluding hydrogens is 1370 g/mol. The van der Waals surface area contributed by atoms with E-state index in [9.17, 15) is 43.2 Å². The second kappa shape index (κ2) is 83.8. The molecule has 2 fully saturated rings. The number of amides is 2. The minimum Gasteiger partial charge on any atom is -0.870 e. The van der Waals surface area contributed by atoms with Crippen LogP contribution in [0.25, 0.3) is 6.08 Å². The van der Waals surface area contributed by atoms with Gasteiger partial charge in [-0.05, 0) is 36.1 Å². The third-order valence-electron chi connectivity index (χ3n) is 5.58. The molecule has 2 aliphatic rings. The van der Waals surface area contributed by atoms with Gasteiger partial charge in [-0.2, -0.15) is 0 Å². The van der Waals surface area contributed by atoms with Crippen molar-refractivity contribution in [1.29, 1.82) is 0 Å². The van der Waals surface area contributed by atoms with Crippen LogP contribution in [0.1, 0.15) is 43.6 Å². The van der Waals surface area contributed by atoms with Crippen molar-refractivity contribution in [2.45, 2.75) is 27.7 Å². The largest absolute Gasteiger partial charge is 1.00 e. The van der Waals surface area contributed by atoms with Gasteiger partial charge in [0.1, 0.15) is 38.9 Å². The molecule has 23 nitrogen and oxygen atoms in total. The first-order valence-electron chi connectivity index (χ1n) is 19.2. The van der Waals surface area contributed by atoms with Crippen LogP contribution in [0.4, 0.5) is 0 Å². The van der Waals surface area contributed by atoms with Crippen molar-refractivity contribution >= 4 is 235 Å². The molecule has 0 unspecified atom stereocenters. The topological polar surface area (TPSA) is 411 Å². The number of alkyl halides is 1. The Morgan fingerprint density at radius 3 is 1.46 bits per heavy atom. The molecule has 4 rings (SSSR count). The quantitative estimate of drug-likeness (QED) is 0.00945. The third kappa shape index (κ3) is 80.7. The van der Waals surface area contributed by atoms with Crippen molar-refractivity contribution in [1.82, 2.24) is 20.4 Å². The molecule has 2 amide bonds. The summed E-state index contributed by atoms with van der Waals surface area (Å²) in [4.78, 5) is 104. The second-order valence-electron chi connectivity index (χ2n) is 10.5. The Bertz CT molecular complexity index is 2100. The minimum absolute atomic E-state index is 0. The van der Waals surface area contributed by atoms with E-state index in [0.29, 0.717) is 13.5 Å². The van der Waals surface area contributed by atoms with Crippen molar-refractivity contribution in [3.63, 3.8) is 0 Å². The summed E-state index contributed by atoms with van der Waals surface area (Å²) < 4.78 is 2.86. The number of rotatable bonds is 15. The first-order valence-corrected chi connectivity index (χ1v) is 25.0. The molecule has 0 aliphatic carbocycles. The Hall–Kier alpha value is 0.593. The number of nitrogens with two attached hydrogens (primary N) is 1. The first kappa shape index (κ1) is 115. The molecule has 0 atom stereocenters. The van der Waals surface area contributed by atoms with Gasteiger partial charge in [0.05, 0.1) is 35.6 Å². The number of carbonyl (C=O) groups excluding carboxylic acids is 5. The van der Waals surface area contributed by atoms with Crippen molar-refractivity contribution in [3.05, 3.63) is 76.7 Å². The van der Waals surface area contributed by atoms with Crippen LogP contribution >= 0.6 is 133 Å². The van der Waals surface area contributed by atoms with Crippen LogP contribution in [0.15, 0.2) is 65.6 Å². The number of hydrogen-bond donors (Lipinski definition) is 8.